The van der Waals surface area contributed by atoms with Crippen molar-refractivity contribution in [1.29, 1.82) is 0 Å². The number of carbonyl (C=O) groups is 1. The molecule has 0 unspecified atom stereocenters. The van der Waals surface area contributed by atoms with Crippen molar-refractivity contribution in [3.05, 3.63) is 29.8 Å². The summed E-state index contributed by atoms with van der Waals surface area (Å²) in [5.74, 6) is -0.0636. The van der Waals surface area contributed by atoms with Crippen molar-refractivity contribution in [3.8, 4) is 0 Å². The lowest BCUT2D eigenvalue weighted by atomic mass is 9.87. The van der Waals surface area contributed by atoms with E-state index in [1.165, 1.54) is 5.56 Å². The highest BCUT2D eigenvalue weighted by atomic mass is 32.1. The zero-order valence-electron chi connectivity index (χ0n) is 11.1. The van der Waals surface area contributed by atoms with E-state index >= 15 is 0 Å². The molecular formula is C14H20N2OS. The van der Waals surface area contributed by atoms with Crippen LogP contribution in [0.25, 0.3) is 0 Å². The monoisotopic (exact) mass is 264 g/mol. The van der Waals surface area contributed by atoms with Crippen LogP contribution < -0.4 is 11.1 Å². The molecule has 0 heterocycles. The average molecular weight is 264 g/mol. The van der Waals surface area contributed by atoms with Gasteiger partial charge in [0.05, 0.1) is 4.99 Å². The first-order chi connectivity index (χ1) is 8.29. The summed E-state index contributed by atoms with van der Waals surface area (Å²) < 4.78 is 0. The molecule has 0 aliphatic heterocycles. The first-order valence-electron chi connectivity index (χ1n) is 5.98. The van der Waals surface area contributed by atoms with Crippen LogP contribution in [0.1, 0.15) is 39.2 Å². The fraction of sp³-hybridized carbons (Fsp3) is 0.429. The molecule has 18 heavy (non-hydrogen) atoms. The molecule has 0 radical (unpaired) electrons. The summed E-state index contributed by atoms with van der Waals surface area (Å²) in [5.41, 5.74) is 7.51. The molecule has 1 rings (SSSR count). The third kappa shape index (κ3) is 4.84. The van der Waals surface area contributed by atoms with Crippen molar-refractivity contribution in [2.24, 2.45) is 5.73 Å². The number of nitrogens with one attached hydrogen (secondary N) is 1. The van der Waals surface area contributed by atoms with Gasteiger partial charge in [-0.3, -0.25) is 4.79 Å². The van der Waals surface area contributed by atoms with Gasteiger partial charge in [0, 0.05) is 18.5 Å². The minimum Gasteiger partial charge on any atom is -0.393 e. The number of anilines is 1. The molecule has 1 aromatic rings. The predicted molar refractivity (Wildman–Crippen MR) is 79.8 cm³/mol. The predicted octanol–water partition coefficient (Wildman–Crippen LogP) is 2.99. The van der Waals surface area contributed by atoms with Crippen molar-refractivity contribution in [2.45, 2.75) is 39.0 Å². The van der Waals surface area contributed by atoms with Crippen LogP contribution in [-0.2, 0) is 10.2 Å². The van der Waals surface area contributed by atoms with Crippen LogP contribution in [0.2, 0.25) is 0 Å². The first kappa shape index (κ1) is 14.6. The first-order valence-corrected chi connectivity index (χ1v) is 6.38. The maximum absolute atomic E-state index is 11.6. The number of amides is 1. The SMILES string of the molecule is CC(C)(C)c1ccc(NC(=O)CCC(N)=S)cc1. The number of thiocarbonyl (C=S) groups is 1. The zero-order valence-corrected chi connectivity index (χ0v) is 11.9. The van der Waals surface area contributed by atoms with Crippen molar-refractivity contribution in [1.82, 2.24) is 0 Å². The smallest absolute Gasteiger partial charge is 0.224 e. The van der Waals surface area contributed by atoms with Gasteiger partial charge in [-0.1, -0.05) is 45.1 Å². The second kappa shape index (κ2) is 5.96. The molecule has 0 spiro atoms. The molecule has 0 aliphatic carbocycles. The van der Waals surface area contributed by atoms with E-state index in [1.54, 1.807) is 0 Å². The molecule has 0 aliphatic rings. The van der Waals surface area contributed by atoms with Crippen LogP contribution in [0.15, 0.2) is 24.3 Å². The Morgan fingerprint density at radius 2 is 1.78 bits per heavy atom. The molecule has 0 atom stereocenters. The van der Waals surface area contributed by atoms with Crippen LogP contribution in [0.3, 0.4) is 0 Å². The molecule has 98 valence electrons. The highest BCUT2D eigenvalue weighted by Gasteiger charge is 2.13. The summed E-state index contributed by atoms with van der Waals surface area (Å²) in [4.78, 5) is 11.9. The van der Waals surface area contributed by atoms with Gasteiger partial charge >= 0.3 is 0 Å². The highest BCUT2D eigenvalue weighted by molar-refractivity contribution is 7.80. The van der Waals surface area contributed by atoms with Crippen molar-refractivity contribution < 1.29 is 4.79 Å². The summed E-state index contributed by atoms with van der Waals surface area (Å²) in [7, 11) is 0. The Morgan fingerprint density at radius 3 is 2.22 bits per heavy atom. The fourth-order valence-electron chi connectivity index (χ4n) is 1.51. The lowest BCUT2D eigenvalue weighted by Crippen LogP contribution is -2.16. The lowest BCUT2D eigenvalue weighted by molar-refractivity contribution is -0.116. The van der Waals surface area contributed by atoms with E-state index in [9.17, 15) is 4.79 Å². The number of rotatable bonds is 4. The van der Waals surface area contributed by atoms with Gasteiger partial charge in [-0.2, -0.15) is 0 Å². The van der Waals surface area contributed by atoms with E-state index in [2.05, 4.69) is 26.1 Å². The number of nitrogens with two attached hydrogens (primary N) is 1. The van der Waals surface area contributed by atoms with E-state index < -0.39 is 0 Å². The Hall–Kier alpha value is -1.42. The molecule has 0 saturated heterocycles. The number of benzene rings is 1. The molecular weight excluding hydrogens is 244 g/mol. The minimum absolute atomic E-state index is 0.0636. The minimum atomic E-state index is -0.0636. The molecule has 0 saturated carbocycles. The summed E-state index contributed by atoms with van der Waals surface area (Å²) in [5, 5.41) is 2.82. The van der Waals surface area contributed by atoms with E-state index in [0.29, 0.717) is 17.8 Å². The highest BCUT2D eigenvalue weighted by Crippen LogP contribution is 2.23. The Kier molecular flexibility index (Phi) is 4.84. The van der Waals surface area contributed by atoms with Crippen LogP contribution in [0.4, 0.5) is 5.69 Å². The van der Waals surface area contributed by atoms with Gasteiger partial charge in [0.15, 0.2) is 0 Å². The van der Waals surface area contributed by atoms with Gasteiger partial charge < -0.3 is 11.1 Å². The van der Waals surface area contributed by atoms with Crippen molar-refractivity contribution in [2.75, 3.05) is 5.32 Å². The molecule has 0 aromatic heterocycles. The molecule has 1 aromatic carbocycles. The fourth-order valence-corrected chi connectivity index (χ4v) is 1.62. The second-order valence-electron chi connectivity index (χ2n) is 5.34. The standard InChI is InChI=1S/C14H20N2OS/c1-14(2,3)10-4-6-11(7-5-10)16-13(17)9-8-12(15)18/h4-7H,8-9H2,1-3H3,(H2,15,18)(H,16,17). The van der Waals surface area contributed by atoms with Gasteiger partial charge in [-0.05, 0) is 23.1 Å². The Bertz CT molecular complexity index is 432. The molecule has 0 fully saturated rings. The van der Waals surface area contributed by atoms with E-state index in [-0.39, 0.29) is 11.3 Å². The maximum Gasteiger partial charge on any atom is 0.224 e. The second-order valence-corrected chi connectivity index (χ2v) is 5.87. The third-order valence-electron chi connectivity index (χ3n) is 2.63. The lowest BCUT2D eigenvalue weighted by Gasteiger charge is -2.19. The summed E-state index contributed by atoms with van der Waals surface area (Å²) in [6.07, 6.45) is 0.775. The maximum atomic E-state index is 11.6. The summed E-state index contributed by atoms with van der Waals surface area (Å²) in [6.45, 7) is 6.47. The largest absolute Gasteiger partial charge is 0.393 e. The van der Waals surface area contributed by atoms with E-state index in [4.69, 9.17) is 18.0 Å². The number of carbonyl (C=O) groups excluding carboxylic acids is 1. The topological polar surface area (TPSA) is 55.1 Å². The van der Waals surface area contributed by atoms with Crippen LogP contribution >= 0.6 is 12.2 Å². The van der Waals surface area contributed by atoms with Gasteiger partial charge in [0.2, 0.25) is 5.91 Å². The third-order valence-corrected chi connectivity index (χ3v) is 2.84. The van der Waals surface area contributed by atoms with Crippen molar-refractivity contribution in [3.63, 3.8) is 0 Å². The van der Waals surface area contributed by atoms with Gasteiger partial charge in [0.25, 0.3) is 0 Å². The van der Waals surface area contributed by atoms with Gasteiger partial charge in [-0.25, -0.2) is 0 Å². The number of hydrogen-bond donors (Lipinski definition) is 2. The van der Waals surface area contributed by atoms with Crippen LogP contribution in [0, 0.1) is 0 Å². The summed E-state index contributed by atoms with van der Waals surface area (Å²) in [6, 6.07) is 7.89. The summed E-state index contributed by atoms with van der Waals surface area (Å²) >= 11 is 4.73. The van der Waals surface area contributed by atoms with Crippen LogP contribution in [-0.4, -0.2) is 10.9 Å². The zero-order chi connectivity index (χ0) is 13.8. The van der Waals surface area contributed by atoms with E-state index in [1.807, 2.05) is 24.3 Å². The Labute approximate surface area is 114 Å². The normalized spacial score (nSPS) is 11.1. The average Bonchev–Trinajstić information content (AvgIpc) is 2.26. The van der Waals surface area contributed by atoms with E-state index in [0.717, 1.165) is 5.69 Å². The quantitative estimate of drug-likeness (QED) is 0.822. The van der Waals surface area contributed by atoms with Gasteiger partial charge in [-0.15, -0.1) is 0 Å². The molecule has 0 bridgehead atoms. The molecule has 3 nitrogen and oxygen atoms in total. The molecule has 3 N–H and O–H groups in total. The number of hydrogen-bond acceptors (Lipinski definition) is 2. The van der Waals surface area contributed by atoms with Crippen LogP contribution in [0.5, 0.6) is 0 Å². The molecule has 1 amide bonds. The Morgan fingerprint density at radius 1 is 1.22 bits per heavy atom. The Balaban J connectivity index is 2.59. The van der Waals surface area contributed by atoms with Crippen molar-refractivity contribution >= 4 is 28.8 Å². The van der Waals surface area contributed by atoms with Gasteiger partial charge in [0.1, 0.15) is 0 Å². The molecule has 4 heteroatoms.